The molecule has 82 valence electrons. The molecule has 0 unspecified atom stereocenters. The molecule has 1 saturated heterocycles. The molecule has 1 heterocycles. The molecule has 2 atom stereocenters. The zero-order valence-corrected chi connectivity index (χ0v) is 8.90. The Morgan fingerprint density at radius 2 is 2.36 bits per heavy atom. The molecule has 0 aromatic rings. The van der Waals surface area contributed by atoms with Crippen molar-refractivity contribution < 1.29 is 14.6 Å². The smallest absolute Gasteiger partial charge is 0.320 e. The molecule has 0 radical (unpaired) electrons. The number of piperidine rings is 1. The maximum atomic E-state index is 10.9. The van der Waals surface area contributed by atoms with Gasteiger partial charge in [-0.25, -0.2) is 0 Å². The number of aliphatic carboxylic acids is 1. The van der Waals surface area contributed by atoms with E-state index in [1.165, 1.54) is 6.42 Å². The Morgan fingerprint density at radius 1 is 1.64 bits per heavy atom. The van der Waals surface area contributed by atoms with Gasteiger partial charge in [-0.05, 0) is 26.3 Å². The van der Waals surface area contributed by atoms with Gasteiger partial charge in [-0.3, -0.25) is 9.69 Å². The number of hydrogen-bond donors (Lipinski definition) is 1. The first-order valence-electron chi connectivity index (χ1n) is 5.14. The van der Waals surface area contributed by atoms with Crippen LogP contribution in [0.2, 0.25) is 0 Å². The van der Waals surface area contributed by atoms with E-state index in [0.29, 0.717) is 6.61 Å². The summed E-state index contributed by atoms with van der Waals surface area (Å²) in [5.74, 6) is -0.743. The van der Waals surface area contributed by atoms with Gasteiger partial charge in [-0.2, -0.15) is 0 Å². The Bertz CT molecular complexity index is 194. The lowest BCUT2D eigenvalue weighted by molar-refractivity contribution is -0.144. The lowest BCUT2D eigenvalue weighted by Crippen LogP contribution is -2.50. The van der Waals surface area contributed by atoms with Crippen LogP contribution in [0.3, 0.4) is 0 Å². The van der Waals surface area contributed by atoms with Crippen LogP contribution >= 0.6 is 0 Å². The number of likely N-dealkylation sites (tertiary alicyclic amines) is 1. The largest absolute Gasteiger partial charge is 0.480 e. The standard InChI is InChI=1S/C10H19NO3/c1-8(10(12)13)11-6-4-3-5-9(11)7-14-2/h8-9H,3-7H2,1-2H3,(H,12,13)/t8-,9+/m0/s1. The highest BCUT2D eigenvalue weighted by molar-refractivity contribution is 5.72. The highest BCUT2D eigenvalue weighted by Gasteiger charge is 2.29. The molecule has 0 aliphatic carbocycles. The third-order valence-electron chi connectivity index (χ3n) is 2.89. The number of nitrogens with zero attached hydrogens (tertiary/aromatic N) is 1. The Morgan fingerprint density at radius 3 is 2.93 bits per heavy atom. The quantitative estimate of drug-likeness (QED) is 0.736. The van der Waals surface area contributed by atoms with E-state index >= 15 is 0 Å². The molecule has 0 amide bonds. The average Bonchev–Trinajstić information content (AvgIpc) is 2.18. The van der Waals surface area contributed by atoms with Gasteiger partial charge in [0.05, 0.1) is 6.61 Å². The minimum absolute atomic E-state index is 0.278. The van der Waals surface area contributed by atoms with Crippen molar-refractivity contribution in [2.24, 2.45) is 0 Å². The number of carbonyl (C=O) groups is 1. The second kappa shape index (κ2) is 5.32. The van der Waals surface area contributed by atoms with Gasteiger partial charge in [0.1, 0.15) is 6.04 Å². The molecule has 14 heavy (non-hydrogen) atoms. The van der Waals surface area contributed by atoms with Crippen LogP contribution in [0.1, 0.15) is 26.2 Å². The topological polar surface area (TPSA) is 49.8 Å². The first-order chi connectivity index (χ1) is 6.66. The first-order valence-corrected chi connectivity index (χ1v) is 5.14. The van der Waals surface area contributed by atoms with Crippen molar-refractivity contribution in [3.63, 3.8) is 0 Å². The van der Waals surface area contributed by atoms with Crippen LogP contribution in [0.25, 0.3) is 0 Å². The number of methoxy groups -OCH3 is 1. The molecule has 1 N–H and O–H groups in total. The predicted octanol–water partition coefficient (Wildman–Crippen LogP) is 0.960. The number of hydrogen-bond acceptors (Lipinski definition) is 3. The van der Waals surface area contributed by atoms with Gasteiger partial charge in [-0.15, -0.1) is 0 Å². The average molecular weight is 201 g/mol. The van der Waals surface area contributed by atoms with Crippen molar-refractivity contribution >= 4 is 5.97 Å². The summed E-state index contributed by atoms with van der Waals surface area (Å²) in [6.07, 6.45) is 3.32. The second-order valence-corrected chi connectivity index (χ2v) is 3.86. The van der Waals surface area contributed by atoms with E-state index in [4.69, 9.17) is 9.84 Å². The summed E-state index contributed by atoms with van der Waals surface area (Å²) in [5.41, 5.74) is 0. The number of ether oxygens (including phenoxy) is 1. The van der Waals surface area contributed by atoms with Gasteiger partial charge < -0.3 is 9.84 Å². The fourth-order valence-corrected chi connectivity index (χ4v) is 2.05. The monoisotopic (exact) mass is 201 g/mol. The van der Waals surface area contributed by atoms with Crippen LogP contribution in [0, 0.1) is 0 Å². The molecule has 1 aliphatic rings. The molecular weight excluding hydrogens is 182 g/mol. The molecule has 1 rings (SSSR count). The van der Waals surface area contributed by atoms with E-state index in [0.717, 1.165) is 19.4 Å². The summed E-state index contributed by atoms with van der Waals surface area (Å²) in [7, 11) is 1.66. The molecule has 0 saturated carbocycles. The molecule has 4 nitrogen and oxygen atoms in total. The lowest BCUT2D eigenvalue weighted by atomic mass is 10.0. The summed E-state index contributed by atoms with van der Waals surface area (Å²) < 4.78 is 5.11. The minimum atomic E-state index is -0.743. The van der Waals surface area contributed by atoms with E-state index in [9.17, 15) is 4.79 Å². The van der Waals surface area contributed by atoms with Gasteiger partial charge in [0, 0.05) is 13.2 Å². The number of rotatable bonds is 4. The number of carboxylic acids is 1. The fourth-order valence-electron chi connectivity index (χ4n) is 2.05. The summed E-state index contributed by atoms with van der Waals surface area (Å²) >= 11 is 0. The molecule has 0 spiro atoms. The zero-order valence-electron chi connectivity index (χ0n) is 8.90. The molecule has 4 heteroatoms. The van der Waals surface area contributed by atoms with E-state index in [1.54, 1.807) is 14.0 Å². The normalized spacial score (nSPS) is 26.0. The van der Waals surface area contributed by atoms with Gasteiger partial charge in [0.25, 0.3) is 0 Å². The first kappa shape index (κ1) is 11.5. The fraction of sp³-hybridized carbons (Fsp3) is 0.900. The minimum Gasteiger partial charge on any atom is -0.480 e. The van der Waals surface area contributed by atoms with Crippen molar-refractivity contribution in [2.75, 3.05) is 20.3 Å². The van der Waals surface area contributed by atoms with E-state index < -0.39 is 12.0 Å². The number of carboxylic acid groups (broad SMARTS) is 1. The maximum Gasteiger partial charge on any atom is 0.320 e. The Labute approximate surface area is 84.8 Å². The van der Waals surface area contributed by atoms with Crippen molar-refractivity contribution in [1.82, 2.24) is 4.90 Å². The van der Waals surface area contributed by atoms with Gasteiger partial charge in [-0.1, -0.05) is 6.42 Å². The van der Waals surface area contributed by atoms with Crippen LogP contribution in [-0.2, 0) is 9.53 Å². The summed E-state index contributed by atoms with van der Waals surface area (Å²) in [6, 6.07) is -0.115. The molecule has 0 aromatic heterocycles. The highest BCUT2D eigenvalue weighted by atomic mass is 16.5. The third-order valence-corrected chi connectivity index (χ3v) is 2.89. The van der Waals surface area contributed by atoms with Crippen molar-refractivity contribution in [2.45, 2.75) is 38.3 Å². The van der Waals surface area contributed by atoms with E-state index in [1.807, 2.05) is 4.90 Å². The SMILES string of the molecule is COC[C@H]1CCCCN1[C@@H](C)C(=O)O. The summed E-state index contributed by atoms with van der Waals surface area (Å²) in [4.78, 5) is 12.9. The Balaban J connectivity index is 2.57. The van der Waals surface area contributed by atoms with Crippen LogP contribution in [-0.4, -0.2) is 48.3 Å². The van der Waals surface area contributed by atoms with Crippen LogP contribution in [0.15, 0.2) is 0 Å². The molecular formula is C10H19NO3. The zero-order chi connectivity index (χ0) is 10.6. The van der Waals surface area contributed by atoms with Crippen LogP contribution < -0.4 is 0 Å². The summed E-state index contributed by atoms with van der Waals surface area (Å²) in [6.45, 7) is 3.26. The highest BCUT2D eigenvalue weighted by Crippen LogP contribution is 2.19. The van der Waals surface area contributed by atoms with E-state index in [2.05, 4.69) is 0 Å². The Kier molecular flexibility index (Phi) is 4.35. The van der Waals surface area contributed by atoms with Gasteiger partial charge in [0.15, 0.2) is 0 Å². The van der Waals surface area contributed by atoms with E-state index in [-0.39, 0.29) is 6.04 Å². The molecule has 0 aromatic carbocycles. The molecule has 1 fully saturated rings. The predicted molar refractivity (Wildman–Crippen MR) is 53.3 cm³/mol. The van der Waals surface area contributed by atoms with Gasteiger partial charge in [0.2, 0.25) is 0 Å². The van der Waals surface area contributed by atoms with Crippen molar-refractivity contribution in [3.8, 4) is 0 Å². The van der Waals surface area contributed by atoms with Crippen molar-refractivity contribution in [1.29, 1.82) is 0 Å². The summed E-state index contributed by atoms with van der Waals surface area (Å²) in [5, 5.41) is 8.94. The third kappa shape index (κ3) is 2.69. The molecule has 0 bridgehead atoms. The van der Waals surface area contributed by atoms with Crippen LogP contribution in [0.5, 0.6) is 0 Å². The second-order valence-electron chi connectivity index (χ2n) is 3.86. The van der Waals surface area contributed by atoms with Crippen LogP contribution in [0.4, 0.5) is 0 Å². The lowest BCUT2D eigenvalue weighted by Gasteiger charge is -2.37. The van der Waals surface area contributed by atoms with Crippen molar-refractivity contribution in [3.05, 3.63) is 0 Å². The molecule has 1 aliphatic heterocycles. The Hall–Kier alpha value is -0.610. The van der Waals surface area contributed by atoms with Gasteiger partial charge >= 0.3 is 5.97 Å². The maximum absolute atomic E-state index is 10.9.